The van der Waals surface area contributed by atoms with Gasteiger partial charge in [-0.2, -0.15) is 0 Å². The zero-order chi connectivity index (χ0) is 16.7. The standard InChI is InChI=1S/C19H24ClNO2/c1-4-8-17(15-9-6-5-7-10-15)21-13-14-11-16(20)19(23-3)18(12-14)22-2/h5-7,9-12,17,21H,4,8,13H2,1-3H3. The average Bonchev–Trinajstić information content (AvgIpc) is 2.58. The quantitative estimate of drug-likeness (QED) is 0.738. The van der Waals surface area contributed by atoms with Gasteiger partial charge in [0.15, 0.2) is 11.5 Å². The van der Waals surface area contributed by atoms with E-state index in [2.05, 4.69) is 36.5 Å². The highest BCUT2D eigenvalue weighted by Crippen LogP contribution is 2.36. The van der Waals surface area contributed by atoms with Crippen LogP contribution in [0.4, 0.5) is 0 Å². The van der Waals surface area contributed by atoms with E-state index in [1.165, 1.54) is 5.56 Å². The molecule has 2 aromatic rings. The molecule has 0 heterocycles. The summed E-state index contributed by atoms with van der Waals surface area (Å²) >= 11 is 6.27. The summed E-state index contributed by atoms with van der Waals surface area (Å²) in [5.41, 5.74) is 2.38. The summed E-state index contributed by atoms with van der Waals surface area (Å²) in [6.45, 7) is 2.92. The van der Waals surface area contributed by atoms with E-state index >= 15 is 0 Å². The molecule has 0 spiro atoms. The van der Waals surface area contributed by atoms with Crippen molar-refractivity contribution in [2.75, 3.05) is 14.2 Å². The molecule has 0 saturated carbocycles. The lowest BCUT2D eigenvalue weighted by Gasteiger charge is -2.19. The van der Waals surface area contributed by atoms with Gasteiger partial charge in [-0.3, -0.25) is 0 Å². The van der Waals surface area contributed by atoms with Crippen LogP contribution in [0.2, 0.25) is 5.02 Å². The summed E-state index contributed by atoms with van der Waals surface area (Å²) in [5, 5.41) is 4.18. The normalized spacial score (nSPS) is 12.0. The van der Waals surface area contributed by atoms with Crippen molar-refractivity contribution in [1.29, 1.82) is 0 Å². The second-order valence-electron chi connectivity index (χ2n) is 5.45. The number of rotatable bonds is 8. The molecule has 0 aromatic heterocycles. The zero-order valence-corrected chi connectivity index (χ0v) is 14.7. The van der Waals surface area contributed by atoms with Gasteiger partial charge in [-0.15, -0.1) is 0 Å². The molecule has 124 valence electrons. The van der Waals surface area contributed by atoms with Crippen molar-refractivity contribution >= 4 is 11.6 Å². The first-order chi connectivity index (χ1) is 11.2. The molecular formula is C19H24ClNO2. The summed E-state index contributed by atoms with van der Waals surface area (Å²) in [4.78, 5) is 0. The van der Waals surface area contributed by atoms with Crippen LogP contribution in [0.1, 0.15) is 36.9 Å². The number of benzene rings is 2. The third-order valence-corrected chi connectivity index (χ3v) is 4.11. The van der Waals surface area contributed by atoms with Crippen molar-refractivity contribution in [3.63, 3.8) is 0 Å². The number of hydrogen-bond donors (Lipinski definition) is 1. The lowest BCUT2D eigenvalue weighted by Crippen LogP contribution is -2.20. The molecule has 0 aliphatic heterocycles. The number of hydrogen-bond acceptors (Lipinski definition) is 3. The predicted octanol–water partition coefficient (Wildman–Crippen LogP) is 4.99. The van der Waals surface area contributed by atoms with E-state index in [1.54, 1.807) is 14.2 Å². The van der Waals surface area contributed by atoms with Gasteiger partial charge in [0.05, 0.1) is 19.2 Å². The molecule has 1 unspecified atom stereocenters. The van der Waals surface area contributed by atoms with Gasteiger partial charge in [-0.25, -0.2) is 0 Å². The summed E-state index contributed by atoms with van der Waals surface area (Å²) in [6.07, 6.45) is 2.21. The molecule has 1 atom stereocenters. The number of ether oxygens (including phenoxy) is 2. The lowest BCUT2D eigenvalue weighted by atomic mass is 10.0. The van der Waals surface area contributed by atoms with E-state index in [1.807, 2.05) is 18.2 Å². The van der Waals surface area contributed by atoms with Gasteiger partial charge in [-0.05, 0) is 29.7 Å². The average molecular weight is 334 g/mol. The van der Waals surface area contributed by atoms with Crippen LogP contribution in [-0.2, 0) is 6.54 Å². The van der Waals surface area contributed by atoms with E-state index in [9.17, 15) is 0 Å². The van der Waals surface area contributed by atoms with Crippen molar-refractivity contribution in [2.45, 2.75) is 32.4 Å². The molecule has 1 N–H and O–H groups in total. The summed E-state index contributed by atoms with van der Waals surface area (Å²) in [5.74, 6) is 1.23. The fraction of sp³-hybridized carbons (Fsp3) is 0.368. The molecule has 3 nitrogen and oxygen atoms in total. The zero-order valence-electron chi connectivity index (χ0n) is 13.9. The molecular weight excluding hydrogens is 310 g/mol. The van der Waals surface area contributed by atoms with Crippen LogP contribution in [0.25, 0.3) is 0 Å². The molecule has 2 rings (SSSR count). The fourth-order valence-electron chi connectivity index (χ4n) is 2.68. The molecule has 0 bridgehead atoms. The van der Waals surface area contributed by atoms with Crippen LogP contribution >= 0.6 is 11.6 Å². The fourth-order valence-corrected chi connectivity index (χ4v) is 2.99. The summed E-state index contributed by atoms with van der Waals surface area (Å²) in [6, 6.07) is 14.7. The lowest BCUT2D eigenvalue weighted by molar-refractivity contribution is 0.354. The van der Waals surface area contributed by atoms with Crippen LogP contribution in [0, 0.1) is 0 Å². The summed E-state index contributed by atoms with van der Waals surface area (Å²) < 4.78 is 10.6. The third kappa shape index (κ3) is 4.63. The first kappa shape index (κ1) is 17.6. The van der Waals surface area contributed by atoms with E-state index in [-0.39, 0.29) is 0 Å². The van der Waals surface area contributed by atoms with Gasteiger partial charge in [0.1, 0.15) is 0 Å². The molecule has 0 amide bonds. The van der Waals surface area contributed by atoms with Gasteiger partial charge in [0.25, 0.3) is 0 Å². The highest BCUT2D eigenvalue weighted by atomic mass is 35.5. The Morgan fingerprint density at radius 2 is 1.83 bits per heavy atom. The van der Waals surface area contributed by atoms with Crippen LogP contribution in [0.5, 0.6) is 11.5 Å². The maximum Gasteiger partial charge on any atom is 0.179 e. The van der Waals surface area contributed by atoms with Gasteiger partial charge < -0.3 is 14.8 Å². The Labute approximate surface area is 143 Å². The Kier molecular flexibility index (Phi) is 6.75. The van der Waals surface area contributed by atoms with Crippen molar-refractivity contribution < 1.29 is 9.47 Å². The summed E-state index contributed by atoms with van der Waals surface area (Å²) in [7, 11) is 3.21. The van der Waals surface area contributed by atoms with Crippen molar-refractivity contribution in [3.05, 3.63) is 58.6 Å². The minimum atomic E-state index is 0.327. The molecule has 0 aliphatic rings. The van der Waals surface area contributed by atoms with Crippen LogP contribution in [0.15, 0.2) is 42.5 Å². The number of methoxy groups -OCH3 is 2. The molecule has 0 aliphatic carbocycles. The van der Waals surface area contributed by atoms with Gasteiger partial charge >= 0.3 is 0 Å². The smallest absolute Gasteiger partial charge is 0.179 e. The van der Waals surface area contributed by atoms with Gasteiger partial charge in [0.2, 0.25) is 0 Å². The van der Waals surface area contributed by atoms with E-state index in [0.717, 1.165) is 24.9 Å². The second kappa shape index (κ2) is 8.80. The second-order valence-corrected chi connectivity index (χ2v) is 5.85. The van der Waals surface area contributed by atoms with E-state index in [0.29, 0.717) is 22.6 Å². The van der Waals surface area contributed by atoms with Crippen LogP contribution in [0.3, 0.4) is 0 Å². The molecule has 0 fully saturated rings. The number of nitrogens with one attached hydrogen (secondary N) is 1. The molecule has 23 heavy (non-hydrogen) atoms. The monoisotopic (exact) mass is 333 g/mol. The molecule has 2 aromatic carbocycles. The maximum atomic E-state index is 6.27. The van der Waals surface area contributed by atoms with Gasteiger partial charge in [0, 0.05) is 12.6 Å². The Hall–Kier alpha value is -1.71. The van der Waals surface area contributed by atoms with Gasteiger partial charge in [-0.1, -0.05) is 55.3 Å². The van der Waals surface area contributed by atoms with E-state index in [4.69, 9.17) is 21.1 Å². The molecule has 0 saturated heterocycles. The first-order valence-electron chi connectivity index (χ1n) is 7.88. The minimum absolute atomic E-state index is 0.327. The largest absolute Gasteiger partial charge is 0.493 e. The molecule has 0 radical (unpaired) electrons. The van der Waals surface area contributed by atoms with Crippen molar-refractivity contribution in [1.82, 2.24) is 5.32 Å². The Morgan fingerprint density at radius 3 is 2.43 bits per heavy atom. The Bertz CT molecular complexity index is 616. The highest BCUT2D eigenvalue weighted by molar-refractivity contribution is 6.32. The Morgan fingerprint density at radius 1 is 1.09 bits per heavy atom. The highest BCUT2D eigenvalue weighted by Gasteiger charge is 2.13. The van der Waals surface area contributed by atoms with Crippen molar-refractivity contribution in [3.8, 4) is 11.5 Å². The number of halogens is 1. The van der Waals surface area contributed by atoms with Crippen LogP contribution < -0.4 is 14.8 Å². The SMILES string of the molecule is CCCC(NCc1cc(Cl)c(OC)c(OC)c1)c1ccccc1. The van der Waals surface area contributed by atoms with E-state index < -0.39 is 0 Å². The van der Waals surface area contributed by atoms with Crippen molar-refractivity contribution in [2.24, 2.45) is 0 Å². The maximum absolute atomic E-state index is 6.27. The molecule has 4 heteroatoms. The minimum Gasteiger partial charge on any atom is -0.493 e. The topological polar surface area (TPSA) is 30.5 Å². The Balaban J connectivity index is 2.13. The predicted molar refractivity (Wildman–Crippen MR) is 95.5 cm³/mol. The van der Waals surface area contributed by atoms with Crippen LogP contribution in [-0.4, -0.2) is 14.2 Å². The first-order valence-corrected chi connectivity index (χ1v) is 8.26. The third-order valence-electron chi connectivity index (χ3n) is 3.83.